The zero-order chi connectivity index (χ0) is 9.42. The van der Waals surface area contributed by atoms with Gasteiger partial charge in [0, 0.05) is 12.3 Å². The first-order valence-corrected chi connectivity index (χ1v) is 4.88. The molecule has 2 aliphatic rings. The highest BCUT2D eigenvalue weighted by Gasteiger charge is 2.46. The SMILES string of the molecule is CC(=O)CC1C(=O)OC2CCCC21. The van der Waals surface area contributed by atoms with E-state index in [4.69, 9.17) is 4.74 Å². The first kappa shape index (κ1) is 8.73. The summed E-state index contributed by atoms with van der Waals surface area (Å²) >= 11 is 0. The first-order chi connectivity index (χ1) is 6.18. The lowest BCUT2D eigenvalue weighted by molar-refractivity contribution is -0.145. The van der Waals surface area contributed by atoms with Crippen LogP contribution in [0.4, 0.5) is 0 Å². The average molecular weight is 182 g/mol. The van der Waals surface area contributed by atoms with Crippen LogP contribution in [0.3, 0.4) is 0 Å². The average Bonchev–Trinajstić information content (AvgIpc) is 2.55. The van der Waals surface area contributed by atoms with E-state index >= 15 is 0 Å². The summed E-state index contributed by atoms with van der Waals surface area (Å²) in [7, 11) is 0. The molecule has 0 radical (unpaired) electrons. The highest BCUT2D eigenvalue weighted by molar-refractivity contribution is 5.84. The van der Waals surface area contributed by atoms with E-state index in [2.05, 4.69) is 0 Å². The second kappa shape index (κ2) is 3.13. The minimum Gasteiger partial charge on any atom is -0.462 e. The quantitative estimate of drug-likeness (QED) is 0.605. The number of carbonyl (C=O) groups is 2. The molecule has 3 heteroatoms. The van der Waals surface area contributed by atoms with Gasteiger partial charge in [-0.2, -0.15) is 0 Å². The summed E-state index contributed by atoms with van der Waals surface area (Å²) in [5, 5.41) is 0. The Bertz CT molecular complexity index is 247. The summed E-state index contributed by atoms with van der Waals surface area (Å²) < 4.78 is 5.21. The Kier molecular flexibility index (Phi) is 2.10. The van der Waals surface area contributed by atoms with E-state index in [0.29, 0.717) is 12.3 Å². The molecule has 3 atom stereocenters. The number of ether oxygens (including phenoxy) is 1. The summed E-state index contributed by atoms with van der Waals surface area (Å²) in [6, 6.07) is 0. The molecule has 3 unspecified atom stereocenters. The van der Waals surface area contributed by atoms with Gasteiger partial charge >= 0.3 is 5.97 Å². The van der Waals surface area contributed by atoms with Crippen molar-refractivity contribution in [2.45, 2.75) is 38.7 Å². The van der Waals surface area contributed by atoms with Crippen molar-refractivity contribution in [1.29, 1.82) is 0 Å². The Balaban J connectivity index is 2.08. The lowest BCUT2D eigenvalue weighted by Crippen LogP contribution is -2.18. The summed E-state index contributed by atoms with van der Waals surface area (Å²) in [5.41, 5.74) is 0. The van der Waals surface area contributed by atoms with Gasteiger partial charge in [-0.3, -0.25) is 4.79 Å². The summed E-state index contributed by atoms with van der Waals surface area (Å²) in [6.45, 7) is 1.54. The molecule has 0 spiro atoms. The summed E-state index contributed by atoms with van der Waals surface area (Å²) in [5.74, 6) is 0.140. The normalized spacial score (nSPS) is 37.3. The molecule has 0 aromatic heterocycles. The van der Waals surface area contributed by atoms with Crippen LogP contribution in [0.25, 0.3) is 0 Å². The molecule has 0 N–H and O–H groups in total. The maximum atomic E-state index is 11.3. The van der Waals surface area contributed by atoms with Crippen LogP contribution < -0.4 is 0 Å². The second-order valence-electron chi connectivity index (χ2n) is 4.08. The smallest absolute Gasteiger partial charge is 0.310 e. The minimum atomic E-state index is -0.148. The summed E-state index contributed by atoms with van der Waals surface area (Å²) in [6.07, 6.45) is 3.67. The van der Waals surface area contributed by atoms with Gasteiger partial charge < -0.3 is 9.53 Å². The fraction of sp³-hybridized carbons (Fsp3) is 0.800. The number of carbonyl (C=O) groups excluding carboxylic acids is 2. The van der Waals surface area contributed by atoms with E-state index in [-0.39, 0.29) is 23.8 Å². The van der Waals surface area contributed by atoms with Gasteiger partial charge in [-0.1, -0.05) is 0 Å². The van der Waals surface area contributed by atoms with Gasteiger partial charge in [-0.25, -0.2) is 0 Å². The number of rotatable bonds is 2. The van der Waals surface area contributed by atoms with E-state index in [0.717, 1.165) is 19.3 Å². The van der Waals surface area contributed by atoms with E-state index < -0.39 is 0 Å². The number of ketones is 1. The largest absolute Gasteiger partial charge is 0.462 e. The molecule has 0 amide bonds. The standard InChI is InChI=1S/C10H14O3/c1-6(11)5-8-7-3-2-4-9(7)13-10(8)12/h7-9H,2-5H2,1H3. The fourth-order valence-corrected chi connectivity index (χ4v) is 2.52. The number of fused-ring (bicyclic) bond motifs is 1. The number of esters is 1. The molecule has 0 aromatic rings. The molecule has 1 saturated carbocycles. The van der Waals surface area contributed by atoms with Gasteiger partial charge in [-0.15, -0.1) is 0 Å². The Morgan fingerprint density at radius 1 is 1.54 bits per heavy atom. The van der Waals surface area contributed by atoms with Crippen molar-refractivity contribution in [3.63, 3.8) is 0 Å². The zero-order valence-electron chi connectivity index (χ0n) is 7.79. The third-order valence-electron chi connectivity index (χ3n) is 3.10. The minimum absolute atomic E-state index is 0.0921. The topological polar surface area (TPSA) is 43.4 Å². The Morgan fingerprint density at radius 3 is 3.00 bits per heavy atom. The van der Waals surface area contributed by atoms with Gasteiger partial charge in [0.25, 0.3) is 0 Å². The van der Waals surface area contributed by atoms with Crippen LogP contribution in [0.2, 0.25) is 0 Å². The maximum Gasteiger partial charge on any atom is 0.310 e. The predicted octanol–water partition coefficient (Wildman–Crippen LogP) is 1.31. The Morgan fingerprint density at radius 2 is 2.31 bits per heavy atom. The number of hydrogen-bond acceptors (Lipinski definition) is 3. The lowest BCUT2D eigenvalue weighted by atomic mass is 9.88. The molecule has 2 fully saturated rings. The van der Waals surface area contributed by atoms with Crippen LogP contribution in [-0.2, 0) is 14.3 Å². The van der Waals surface area contributed by atoms with Gasteiger partial charge in [0.15, 0.2) is 0 Å². The van der Waals surface area contributed by atoms with Crippen molar-refractivity contribution in [1.82, 2.24) is 0 Å². The third kappa shape index (κ3) is 1.47. The Labute approximate surface area is 77.4 Å². The van der Waals surface area contributed by atoms with E-state index in [1.807, 2.05) is 0 Å². The monoisotopic (exact) mass is 182 g/mol. The van der Waals surface area contributed by atoms with Crippen LogP contribution in [0.5, 0.6) is 0 Å². The van der Waals surface area contributed by atoms with Crippen LogP contribution >= 0.6 is 0 Å². The van der Waals surface area contributed by atoms with Gasteiger partial charge in [0.2, 0.25) is 0 Å². The molecule has 0 aromatic carbocycles. The molecule has 1 heterocycles. The highest BCUT2D eigenvalue weighted by Crippen LogP contribution is 2.41. The maximum absolute atomic E-state index is 11.3. The number of Topliss-reactive ketones (excluding diaryl/α,β-unsaturated/α-hetero) is 1. The second-order valence-corrected chi connectivity index (χ2v) is 4.08. The predicted molar refractivity (Wildman–Crippen MR) is 46.0 cm³/mol. The van der Waals surface area contributed by atoms with Crippen LogP contribution in [0.15, 0.2) is 0 Å². The fourth-order valence-electron chi connectivity index (χ4n) is 2.52. The summed E-state index contributed by atoms with van der Waals surface area (Å²) in [4.78, 5) is 22.3. The molecule has 1 saturated heterocycles. The zero-order valence-corrected chi connectivity index (χ0v) is 7.79. The molecule has 72 valence electrons. The van der Waals surface area contributed by atoms with Gasteiger partial charge in [0.05, 0.1) is 5.92 Å². The van der Waals surface area contributed by atoms with Crippen molar-refractivity contribution >= 4 is 11.8 Å². The molecular weight excluding hydrogens is 168 g/mol. The van der Waals surface area contributed by atoms with Crippen molar-refractivity contribution < 1.29 is 14.3 Å². The molecule has 3 nitrogen and oxygen atoms in total. The lowest BCUT2D eigenvalue weighted by Gasteiger charge is -2.10. The molecule has 1 aliphatic heterocycles. The van der Waals surface area contributed by atoms with Crippen molar-refractivity contribution in [2.75, 3.05) is 0 Å². The molecule has 0 bridgehead atoms. The van der Waals surface area contributed by atoms with E-state index in [1.165, 1.54) is 6.92 Å². The molecule has 13 heavy (non-hydrogen) atoms. The van der Waals surface area contributed by atoms with Crippen molar-refractivity contribution in [3.05, 3.63) is 0 Å². The van der Waals surface area contributed by atoms with Crippen LogP contribution in [0, 0.1) is 11.8 Å². The molecular formula is C10H14O3. The molecule has 1 aliphatic carbocycles. The number of hydrogen-bond donors (Lipinski definition) is 0. The molecule has 2 rings (SSSR count). The van der Waals surface area contributed by atoms with E-state index in [1.54, 1.807) is 0 Å². The van der Waals surface area contributed by atoms with Crippen molar-refractivity contribution in [3.8, 4) is 0 Å². The van der Waals surface area contributed by atoms with Crippen LogP contribution in [0.1, 0.15) is 32.6 Å². The van der Waals surface area contributed by atoms with Gasteiger partial charge in [0.1, 0.15) is 11.9 Å². The van der Waals surface area contributed by atoms with Crippen molar-refractivity contribution in [2.24, 2.45) is 11.8 Å². The first-order valence-electron chi connectivity index (χ1n) is 4.88. The van der Waals surface area contributed by atoms with E-state index in [9.17, 15) is 9.59 Å². The van der Waals surface area contributed by atoms with Crippen LogP contribution in [-0.4, -0.2) is 17.9 Å². The third-order valence-corrected chi connectivity index (χ3v) is 3.10. The Hall–Kier alpha value is -0.860. The van der Waals surface area contributed by atoms with Gasteiger partial charge in [-0.05, 0) is 26.2 Å². The highest BCUT2D eigenvalue weighted by atomic mass is 16.6.